The Kier molecular flexibility index (Phi) is 5.26. The SMILES string of the molecule is CC(C)OCCCNC(=O)CN1CC2(COc3cc4c(cc32)CCO4)c2ccccc21. The van der Waals surface area contributed by atoms with Crippen molar-refractivity contribution in [3.05, 3.63) is 53.1 Å². The Labute approximate surface area is 183 Å². The highest BCUT2D eigenvalue weighted by atomic mass is 16.5. The molecular weight excluding hydrogens is 392 g/mol. The van der Waals surface area contributed by atoms with Gasteiger partial charge >= 0.3 is 0 Å². The van der Waals surface area contributed by atoms with Gasteiger partial charge in [-0.25, -0.2) is 0 Å². The molecule has 1 amide bonds. The molecule has 3 aliphatic rings. The van der Waals surface area contributed by atoms with Crippen LogP contribution in [-0.2, 0) is 21.4 Å². The van der Waals surface area contributed by atoms with Crippen molar-refractivity contribution < 1.29 is 19.0 Å². The van der Waals surface area contributed by atoms with Crippen molar-refractivity contribution in [2.24, 2.45) is 0 Å². The van der Waals surface area contributed by atoms with Crippen molar-refractivity contribution in [2.75, 3.05) is 44.4 Å². The molecule has 1 N–H and O–H groups in total. The summed E-state index contributed by atoms with van der Waals surface area (Å²) in [7, 11) is 0. The molecule has 0 aromatic heterocycles. The quantitative estimate of drug-likeness (QED) is 0.695. The number of carbonyl (C=O) groups is 1. The molecule has 6 nitrogen and oxygen atoms in total. The van der Waals surface area contributed by atoms with Gasteiger partial charge in [-0.15, -0.1) is 0 Å². The second-order valence-corrected chi connectivity index (χ2v) is 8.92. The zero-order valence-electron chi connectivity index (χ0n) is 18.3. The first-order valence-corrected chi connectivity index (χ1v) is 11.2. The summed E-state index contributed by atoms with van der Waals surface area (Å²) in [6.07, 6.45) is 1.98. The second kappa shape index (κ2) is 8.08. The van der Waals surface area contributed by atoms with Gasteiger partial charge in [-0.1, -0.05) is 18.2 Å². The van der Waals surface area contributed by atoms with Crippen molar-refractivity contribution in [1.82, 2.24) is 5.32 Å². The number of nitrogens with one attached hydrogen (secondary N) is 1. The fraction of sp³-hybridized carbons (Fsp3) is 0.480. The maximum atomic E-state index is 12.7. The molecule has 0 saturated heterocycles. The molecule has 1 spiro atoms. The molecule has 0 radical (unpaired) electrons. The van der Waals surface area contributed by atoms with Gasteiger partial charge in [0.1, 0.15) is 18.1 Å². The number of anilines is 1. The molecule has 3 heterocycles. The zero-order chi connectivity index (χ0) is 21.4. The average Bonchev–Trinajstić information content (AvgIpc) is 3.44. The molecule has 1 atom stereocenters. The predicted molar refractivity (Wildman–Crippen MR) is 119 cm³/mol. The third-order valence-electron chi connectivity index (χ3n) is 6.43. The molecule has 0 fully saturated rings. The molecule has 164 valence electrons. The lowest BCUT2D eigenvalue weighted by atomic mass is 9.77. The van der Waals surface area contributed by atoms with Crippen LogP contribution >= 0.6 is 0 Å². The standard InChI is InChI=1S/C25H30N2O4/c1-17(2)29-10-5-9-26-24(28)14-27-15-25(19-6-3-4-7-21(19)27)16-31-23-13-22-18(8-11-30-22)12-20(23)25/h3-4,6-7,12-13,17H,5,8-11,14-16H2,1-2H3,(H,26,28). The van der Waals surface area contributed by atoms with E-state index in [4.69, 9.17) is 14.2 Å². The Hall–Kier alpha value is -2.73. The second-order valence-electron chi connectivity index (χ2n) is 8.92. The summed E-state index contributed by atoms with van der Waals surface area (Å²) < 4.78 is 17.4. The summed E-state index contributed by atoms with van der Waals surface area (Å²) in [6.45, 7) is 7.73. The van der Waals surface area contributed by atoms with E-state index in [0.29, 0.717) is 26.3 Å². The van der Waals surface area contributed by atoms with Gasteiger partial charge in [0.15, 0.2) is 0 Å². The zero-order valence-corrected chi connectivity index (χ0v) is 18.3. The minimum absolute atomic E-state index is 0.0397. The van der Waals surface area contributed by atoms with Crippen LogP contribution in [0.5, 0.6) is 11.5 Å². The molecule has 0 aliphatic carbocycles. The van der Waals surface area contributed by atoms with Crippen molar-refractivity contribution in [2.45, 2.75) is 38.2 Å². The lowest BCUT2D eigenvalue weighted by Crippen LogP contribution is -2.41. The van der Waals surface area contributed by atoms with Crippen LogP contribution in [0.4, 0.5) is 5.69 Å². The fourth-order valence-corrected chi connectivity index (χ4v) is 4.97. The van der Waals surface area contributed by atoms with Gasteiger partial charge in [0.25, 0.3) is 0 Å². The molecule has 0 bridgehead atoms. The monoisotopic (exact) mass is 422 g/mol. The minimum atomic E-state index is -0.241. The van der Waals surface area contributed by atoms with E-state index in [2.05, 4.69) is 34.5 Å². The molecule has 6 heteroatoms. The Morgan fingerprint density at radius 2 is 2.06 bits per heavy atom. The van der Waals surface area contributed by atoms with Crippen LogP contribution in [0.2, 0.25) is 0 Å². The van der Waals surface area contributed by atoms with Gasteiger partial charge in [0, 0.05) is 43.4 Å². The number of fused-ring (bicyclic) bond motifs is 5. The van der Waals surface area contributed by atoms with Crippen LogP contribution in [0.3, 0.4) is 0 Å². The lowest BCUT2D eigenvalue weighted by Gasteiger charge is -2.25. The molecule has 3 aliphatic heterocycles. The van der Waals surface area contributed by atoms with E-state index in [1.165, 1.54) is 16.7 Å². The first-order chi connectivity index (χ1) is 15.1. The molecule has 2 aromatic carbocycles. The third kappa shape index (κ3) is 3.63. The van der Waals surface area contributed by atoms with Crippen LogP contribution in [0.25, 0.3) is 0 Å². The number of amides is 1. The number of ether oxygens (including phenoxy) is 3. The third-order valence-corrected chi connectivity index (χ3v) is 6.43. The number of benzene rings is 2. The van der Waals surface area contributed by atoms with Gasteiger partial charge in [0.05, 0.1) is 24.7 Å². The molecule has 5 rings (SSSR count). The molecular formula is C25H30N2O4. The Balaban J connectivity index is 1.33. The number of carbonyl (C=O) groups excluding carboxylic acids is 1. The molecule has 0 saturated carbocycles. The van der Waals surface area contributed by atoms with E-state index < -0.39 is 0 Å². The van der Waals surface area contributed by atoms with Crippen LogP contribution in [0.15, 0.2) is 36.4 Å². The smallest absolute Gasteiger partial charge is 0.239 e. The number of rotatable bonds is 7. The van der Waals surface area contributed by atoms with E-state index in [-0.39, 0.29) is 17.4 Å². The first-order valence-electron chi connectivity index (χ1n) is 11.2. The highest BCUT2D eigenvalue weighted by Gasteiger charge is 2.50. The maximum Gasteiger partial charge on any atom is 0.239 e. The van der Waals surface area contributed by atoms with Crippen LogP contribution < -0.4 is 19.7 Å². The van der Waals surface area contributed by atoms with Crippen molar-refractivity contribution >= 4 is 11.6 Å². The minimum Gasteiger partial charge on any atom is -0.493 e. The van der Waals surface area contributed by atoms with Crippen molar-refractivity contribution in [3.63, 3.8) is 0 Å². The number of para-hydroxylation sites is 1. The highest BCUT2D eigenvalue weighted by Crippen LogP contribution is 2.53. The average molecular weight is 423 g/mol. The summed E-state index contributed by atoms with van der Waals surface area (Å²) in [6, 6.07) is 12.7. The Bertz CT molecular complexity index is 989. The lowest BCUT2D eigenvalue weighted by molar-refractivity contribution is -0.119. The van der Waals surface area contributed by atoms with Crippen LogP contribution in [0, 0.1) is 0 Å². The van der Waals surface area contributed by atoms with E-state index in [0.717, 1.165) is 43.2 Å². The van der Waals surface area contributed by atoms with Gasteiger partial charge in [-0.3, -0.25) is 4.79 Å². The van der Waals surface area contributed by atoms with E-state index in [1.807, 2.05) is 26.0 Å². The van der Waals surface area contributed by atoms with E-state index in [9.17, 15) is 4.79 Å². The highest BCUT2D eigenvalue weighted by molar-refractivity contribution is 5.83. The van der Waals surface area contributed by atoms with Gasteiger partial charge < -0.3 is 24.4 Å². The van der Waals surface area contributed by atoms with Gasteiger partial charge in [0.2, 0.25) is 5.91 Å². The maximum absolute atomic E-state index is 12.7. The molecule has 2 aromatic rings. The molecule has 1 unspecified atom stereocenters. The number of hydrogen-bond acceptors (Lipinski definition) is 5. The summed E-state index contributed by atoms with van der Waals surface area (Å²) in [5.74, 6) is 1.89. The Morgan fingerprint density at radius 3 is 2.94 bits per heavy atom. The van der Waals surface area contributed by atoms with Gasteiger partial charge in [-0.05, 0) is 43.5 Å². The summed E-state index contributed by atoms with van der Waals surface area (Å²) in [4.78, 5) is 14.9. The Morgan fingerprint density at radius 1 is 1.19 bits per heavy atom. The number of hydrogen-bond donors (Lipinski definition) is 1. The van der Waals surface area contributed by atoms with Crippen molar-refractivity contribution in [1.29, 1.82) is 0 Å². The number of nitrogens with zero attached hydrogens (tertiary/aromatic N) is 1. The van der Waals surface area contributed by atoms with Gasteiger partial charge in [-0.2, -0.15) is 0 Å². The topological polar surface area (TPSA) is 60.0 Å². The van der Waals surface area contributed by atoms with E-state index in [1.54, 1.807) is 0 Å². The summed E-state index contributed by atoms with van der Waals surface area (Å²) in [5, 5.41) is 3.04. The fourth-order valence-electron chi connectivity index (χ4n) is 4.97. The molecule has 31 heavy (non-hydrogen) atoms. The van der Waals surface area contributed by atoms with E-state index >= 15 is 0 Å². The van der Waals surface area contributed by atoms with Crippen molar-refractivity contribution in [3.8, 4) is 11.5 Å². The summed E-state index contributed by atoms with van der Waals surface area (Å²) >= 11 is 0. The normalized spacial score (nSPS) is 20.4. The largest absolute Gasteiger partial charge is 0.493 e. The first kappa shape index (κ1) is 20.2. The van der Waals surface area contributed by atoms with Crippen LogP contribution in [-0.4, -0.2) is 51.5 Å². The van der Waals surface area contributed by atoms with Crippen LogP contribution in [0.1, 0.15) is 37.0 Å². The predicted octanol–water partition coefficient (Wildman–Crippen LogP) is 3.05. The summed E-state index contributed by atoms with van der Waals surface area (Å²) in [5.41, 5.74) is 4.59.